The third-order valence-corrected chi connectivity index (χ3v) is 9.89. The van der Waals surface area contributed by atoms with Crippen molar-refractivity contribution >= 4 is 45.9 Å². The van der Waals surface area contributed by atoms with E-state index in [2.05, 4.69) is 69.8 Å². The fraction of sp³-hybridized carbons (Fsp3) is 0.0370. The third kappa shape index (κ3) is 14.4. The van der Waals surface area contributed by atoms with Crippen molar-refractivity contribution in [2.75, 3.05) is 21.3 Å². The quantitative estimate of drug-likeness (QED) is 0.0820. The molecule has 0 bridgehead atoms. The topological polar surface area (TPSA) is 116 Å². The normalized spacial score (nSPS) is 17.0. The van der Waals surface area contributed by atoms with Crippen LogP contribution in [0, 0.1) is 0 Å². The number of ketones is 4. The summed E-state index contributed by atoms with van der Waals surface area (Å²) in [6.07, 6.45) is 36.3. The molecule has 0 fully saturated rings. The maximum absolute atomic E-state index is 11.8. The molecular formula is C54H44Cu2N4O4. The predicted molar refractivity (Wildman–Crippen MR) is 251 cm³/mol. The van der Waals surface area contributed by atoms with Crippen LogP contribution in [0.25, 0.3) is 0 Å². The van der Waals surface area contributed by atoms with Crippen LogP contribution < -0.4 is 21.3 Å². The molecule has 4 aromatic carbocycles. The van der Waals surface area contributed by atoms with E-state index in [0.29, 0.717) is 22.3 Å². The predicted octanol–water partition coefficient (Wildman–Crippen LogP) is 10.5. The standard InChI is InChI=1S/2C27H22N2O2.2Cu/c2*30-26-7-3-1-5-22(26)18-28-24-13-9-20(10-14-24)17-21-11-15-25(16-12-21)29-19-23-6-2-4-8-27(23)31;;/h2*1-16,18-19,28-29H,17H2;;. The van der Waals surface area contributed by atoms with Crippen LogP contribution in [0.3, 0.4) is 0 Å². The number of carbonyl (C=O) groups is 4. The number of hydrogen-bond acceptors (Lipinski definition) is 8. The van der Waals surface area contributed by atoms with Crippen molar-refractivity contribution in [2.45, 2.75) is 12.8 Å². The smallest absolute Gasteiger partial charge is 0.187 e. The van der Waals surface area contributed by atoms with Crippen LogP contribution in [0.1, 0.15) is 22.3 Å². The van der Waals surface area contributed by atoms with Gasteiger partial charge in [0.1, 0.15) is 0 Å². The monoisotopic (exact) mass is 938 g/mol. The minimum Gasteiger partial charge on any atom is -0.361 e. The SMILES string of the molecule is O=C1C=CC=CC1=CNc1ccc(Cc2ccc(NC=C3C=CC=CC3=O)cc2)cc1.O=C1C=CC=CC1=CNc1ccc(Cc2ccc(NC=C3C=CC=CC3=O)cc2)cc1.[Cu].[Cu]. The van der Waals surface area contributed by atoms with Crippen molar-refractivity contribution in [1.82, 2.24) is 0 Å². The molecule has 0 unspecified atom stereocenters. The molecule has 0 atom stereocenters. The second-order valence-electron chi connectivity index (χ2n) is 14.4. The summed E-state index contributed by atoms with van der Waals surface area (Å²) in [7, 11) is 0. The minimum absolute atomic E-state index is 0. The summed E-state index contributed by atoms with van der Waals surface area (Å²) >= 11 is 0. The van der Waals surface area contributed by atoms with Gasteiger partial charge in [0.05, 0.1) is 0 Å². The Balaban J connectivity index is 0.000000234. The van der Waals surface area contributed by atoms with Gasteiger partial charge in [-0.3, -0.25) is 19.2 Å². The third-order valence-electron chi connectivity index (χ3n) is 9.89. The van der Waals surface area contributed by atoms with E-state index in [9.17, 15) is 19.2 Å². The summed E-state index contributed by atoms with van der Waals surface area (Å²) in [5.74, 6) is -0.00225. The minimum atomic E-state index is -0.000562. The Bertz CT molecular complexity index is 2330. The molecule has 4 aromatic rings. The summed E-state index contributed by atoms with van der Waals surface area (Å²) in [5.41, 5.74) is 11.1. The molecule has 4 aliphatic rings. The molecule has 2 radical (unpaired) electrons. The van der Waals surface area contributed by atoms with E-state index in [0.717, 1.165) is 35.6 Å². The van der Waals surface area contributed by atoms with Gasteiger partial charge in [-0.2, -0.15) is 0 Å². The molecule has 0 aliphatic heterocycles. The molecule has 0 amide bonds. The first-order valence-corrected chi connectivity index (χ1v) is 20.1. The number of rotatable bonds is 12. The Hall–Kier alpha value is -7.32. The Kier molecular flexibility index (Phi) is 18.2. The first-order chi connectivity index (χ1) is 30.3. The van der Waals surface area contributed by atoms with E-state index >= 15 is 0 Å². The van der Waals surface area contributed by atoms with E-state index in [1.165, 1.54) is 22.3 Å². The average Bonchev–Trinajstić information content (AvgIpc) is 3.30. The maximum atomic E-state index is 11.8. The first-order valence-electron chi connectivity index (χ1n) is 20.1. The van der Waals surface area contributed by atoms with Gasteiger partial charge in [0, 0.05) is 104 Å². The largest absolute Gasteiger partial charge is 0.361 e. The van der Waals surface area contributed by atoms with E-state index < -0.39 is 0 Å². The zero-order valence-corrected chi connectivity index (χ0v) is 36.3. The van der Waals surface area contributed by atoms with Gasteiger partial charge in [-0.25, -0.2) is 0 Å². The molecule has 0 saturated heterocycles. The molecule has 4 N–H and O–H groups in total. The Labute approximate surface area is 394 Å². The first kappa shape index (κ1) is 47.7. The fourth-order valence-electron chi connectivity index (χ4n) is 6.39. The molecule has 0 aromatic heterocycles. The molecule has 4 aliphatic carbocycles. The molecular weight excluding hydrogens is 896 g/mol. The van der Waals surface area contributed by atoms with Crippen molar-refractivity contribution in [3.05, 3.63) is 264 Å². The molecule has 10 heteroatoms. The second-order valence-corrected chi connectivity index (χ2v) is 14.4. The van der Waals surface area contributed by atoms with Gasteiger partial charge >= 0.3 is 0 Å². The van der Waals surface area contributed by atoms with Crippen LogP contribution in [0.15, 0.2) is 241 Å². The van der Waals surface area contributed by atoms with Crippen LogP contribution >= 0.6 is 0 Å². The zero-order valence-electron chi connectivity index (χ0n) is 34.4. The summed E-state index contributed by atoms with van der Waals surface area (Å²) in [6.45, 7) is 0. The summed E-state index contributed by atoms with van der Waals surface area (Å²) in [6, 6.07) is 32.6. The maximum Gasteiger partial charge on any atom is 0.187 e. The number of hydrogen-bond donors (Lipinski definition) is 4. The molecule has 8 rings (SSSR count). The molecule has 0 spiro atoms. The van der Waals surface area contributed by atoms with Gasteiger partial charge in [-0.15, -0.1) is 0 Å². The van der Waals surface area contributed by atoms with Crippen molar-refractivity contribution in [1.29, 1.82) is 0 Å². The second kappa shape index (κ2) is 24.4. The van der Waals surface area contributed by atoms with E-state index in [1.807, 2.05) is 72.8 Å². The van der Waals surface area contributed by atoms with E-state index in [4.69, 9.17) is 0 Å². The fourth-order valence-corrected chi connectivity index (χ4v) is 6.39. The number of allylic oxidation sites excluding steroid dienone is 20. The van der Waals surface area contributed by atoms with Crippen LogP contribution in [0.2, 0.25) is 0 Å². The summed E-state index contributed by atoms with van der Waals surface area (Å²) in [4.78, 5) is 47.0. The average molecular weight is 940 g/mol. The summed E-state index contributed by atoms with van der Waals surface area (Å²) < 4.78 is 0. The van der Waals surface area contributed by atoms with Crippen LogP contribution in [0.5, 0.6) is 0 Å². The Morgan fingerprint density at radius 2 is 0.469 bits per heavy atom. The molecule has 8 nitrogen and oxygen atoms in total. The van der Waals surface area contributed by atoms with Crippen LogP contribution in [0.4, 0.5) is 22.7 Å². The molecule has 0 saturated carbocycles. The molecule has 64 heavy (non-hydrogen) atoms. The van der Waals surface area contributed by atoms with Gasteiger partial charge < -0.3 is 21.3 Å². The van der Waals surface area contributed by atoms with Crippen molar-refractivity contribution in [2.24, 2.45) is 0 Å². The zero-order chi connectivity index (χ0) is 42.9. The Morgan fingerprint density at radius 3 is 0.656 bits per heavy atom. The number of carbonyl (C=O) groups excluding carboxylic acids is 4. The molecule has 326 valence electrons. The number of anilines is 4. The number of nitrogens with one attached hydrogen (secondary N) is 4. The van der Waals surface area contributed by atoms with Gasteiger partial charge in [0.15, 0.2) is 23.1 Å². The Morgan fingerprint density at radius 1 is 0.281 bits per heavy atom. The summed E-state index contributed by atoms with van der Waals surface area (Å²) in [5, 5.41) is 12.7. The van der Waals surface area contributed by atoms with Crippen molar-refractivity contribution in [3.63, 3.8) is 0 Å². The number of benzene rings is 4. The van der Waals surface area contributed by atoms with Crippen LogP contribution in [-0.4, -0.2) is 23.1 Å². The van der Waals surface area contributed by atoms with Crippen molar-refractivity contribution < 1.29 is 53.3 Å². The van der Waals surface area contributed by atoms with E-state index in [1.54, 1.807) is 97.7 Å². The van der Waals surface area contributed by atoms with Gasteiger partial charge in [0.2, 0.25) is 0 Å². The van der Waals surface area contributed by atoms with E-state index in [-0.39, 0.29) is 57.3 Å². The van der Waals surface area contributed by atoms with Crippen molar-refractivity contribution in [3.8, 4) is 0 Å². The van der Waals surface area contributed by atoms with Gasteiger partial charge in [-0.1, -0.05) is 97.1 Å². The van der Waals surface area contributed by atoms with Gasteiger partial charge in [-0.05, 0) is 132 Å². The molecule has 0 heterocycles. The van der Waals surface area contributed by atoms with Gasteiger partial charge in [0.25, 0.3) is 0 Å². The van der Waals surface area contributed by atoms with Crippen LogP contribution in [-0.2, 0) is 66.2 Å².